The van der Waals surface area contributed by atoms with E-state index in [1.165, 1.54) is 11.4 Å². The molecule has 0 aliphatic carbocycles. The van der Waals surface area contributed by atoms with Crippen molar-refractivity contribution in [2.75, 3.05) is 57.1 Å². The lowest BCUT2D eigenvalue weighted by Crippen LogP contribution is -2.46. The number of carbonyl (C=O) groups excluding carboxylic acids is 1. The smallest absolute Gasteiger partial charge is 0.253 e. The van der Waals surface area contributed by atoms with E-state index in [0.29, 0.717) is 0 Å². The molecule has 0 spiro atoms. The molecule has 1 unspecified atom stereocenters. The molecule has 2 N–H and O–H groups in total. The number of pyridine rings is 1. The maximum Gasteiger partial charge on any atom is 0.253 e. The Hall–Kier alpha value is -3.82. The van der Waals surface area contributed by atoms with E-state index in [1.54, 1.807) is 31.3 Å². The Balaban J connectivity index is 1.29. The molecule has 200 valence electrons. The Morgan fingerprint density at radius 2 is 1.89 bits per heavy atom. The lowest BCUT2D eigenvalue weighted by atomic mass is 10.1. The van der Waals surface area contributed by atoms with E-state index < -0.39 is 6.23 Å². The van der Waals surface area contributed by atoms with E-state index in [2.05, 4.69) is 50.8 Å². The number of aliphatic hydroxyl groups is 1. The van der Waals surface area contributed by atoms with Gasteiger partial charge in [0.05, 0.1) is 5.69 Å². The maximum absolute atomic E-state index is 12.3. The fraction of sp³-hybridized carbons (Fsp3) is 0.379. The highest BCUT2D eigenvalue weighted by atomic mass is 16.3. The molecule has 2 aliphatic rings. The SMILES string of the molecule is CNC1=CC(O)N(c2ccnc3c2cc(CN2CCN(c4ccc(C(=O)N(C)C)cc4C)CC2)n3C)C=C1. The topological polar surface area (TPSA) is 80.1 Å². The molecule has 2 aromatic heterocycles. The van der Waals surface area contributed by atoms with Gasteiger partial charge in [0.1, 0.15) is 5.65 Å². The number of hydrogen-bond donors (Lipinski definition) is 2. The van der Waals surface area contributed by atoms with Gasteiger partial charge in [-0.2, -0.15) is 0 Å². The largest absolute Gasteiger partial charge is 0.388 e. The summed E-state index contributed by atoms with van der Waals surface area (Å²) < 4.78 is 2.16. The zero-order valence-electron chi connectivity index (χ0n) is 22.8. The number of benzene rings is 1. The zero-order valence-corrected chi connectivity index (χ0v) is 22.8. The van der Waals surface area contributed by atoms with Gasteiger partial charge in [0.2, 0.25) is 0 Å². The molecular formula is C29H37N7O2. The third-order valence-corrected chi connectivity index (χ3v) is 7.55. The first kappa shape index (κ1) is 25.8. The van der Waals surface area contributed by atoms with Gasteiger partial charge in [0.25, 0.3) is 5.91 Å². The molecule has 1 saturated heterocycles. The van der Waals surface area contributed by atoms with Crippen LogP contribution in [0, 0.1) is 6.92 Å². The lowest BCUT2D eigenvalue weighted by Gasteiger charge is -2.37. The van der Waals surface area contributed by atoms with Crippen LogP contribution in [-0.4, -0.2) is 83.9 Å². The minimum absolute atomic E-state index is 0.0297. The highest BCUT2D eigenvalue weighted by Gasteiger charge is 2.23. The van der Waals surface area contributed by atoms with Crippen LogP contribution >= 0.6 is 0 Å². The van der Waals surface area contributed by atoms with Crippen LogP contribution in [0.4, 0.5) is 11.4 Å². The van der Waals surface area contributed by atoms with Gasteiger partial charge in [0.15, 0.2) is 6.23 Å². The highest BCUT2D eigenvalue weighted by molar-refractivity contribution is 5.94. The highest BCUT2D eigenvalue weighted by Crippen LogP contribution is 2.31. The molecule has 1 amide bonds. The number of amides is 1. The van der Waals surface area contributed by atoms with Gasteiger partial charge in [-0.1, -0.05) is 0 Å². The molecule has 5 rings (SSSR count). The Kier molecular flexibility index (Phi) is 7.14. The molecule has 4 heterocycles. The van der Waals surface area contributed by atoms with Crippen LogP contribution in [0.3, 0.4) is 0 Å². The van der Waals surface area contributed by atoms with Crippen LogP contribution in [0.15, 0.2) is 60.6 Å². The van der Waals surface area contributed by atoms with Crippen LogP contribution in [0.1, 0.15) is 21.6 Å². The molecule has 1 fully saturated rings. The van der Waals surface area contributed by atoms with Gasteiger partial charge >= 0.3 is 0 Å². The molecule has 9 heteroatoms. The fourth-order valence-electron chi connectivity index (χ4n) is 5.35. The summed E-state index contributed by atoms with van der Waals surface area (Å²) in [5, 5.41) is 14.8. The van der Waals surface area contributed by atoms with Crippen molar-refractivity contribution >= 4 is 28.3 Å². The standard InChI is InChI=1S/C29H37N7O2/c1-20-16-21(29(38)32(3)4)6-7-25(20)35-14-12-34(13-15-35)19-23-18-24-26(8-10-31-28(24)33(23)5)36-11-9-22(30-2)17-27(36)37/h6-11,16-18,27,30,37H,12-15,19H2,1-5H3. The van der Waals surface area contributed by atoms with Crippen LogP contribution in [0.25, 0.3) is 11.0 Å². The predicted octanol–water partition coefficient (Wildman–Crippen LogP) is 2.66. The number of nitrogens with one attached hydrogen (secondary N) is 1. The number of nitrogens with zero attached hydrogens (tertiary/aromatic N) is 6. The number of fused-ring (bicyclic) bond motifs is 1. The summed E-state index contributed by atoms with van der Waals surface area (Å²) in [5.41, 5.74) is 6.97. The van der Waals surface area contributed by atoms with Gasteiger partial charge in [-0.25, -0.2) is 4.98 Å². The molecule has 0 saturated carbocycles. The number of rotatable bonds is 6. The lowest BCUT2D eigenvalue weighted by molar-refractivity contribution is 0.0827. The molecule has 3 aromatic rings. The summed E-state index contributed by atoms with van der Waals surface area (Å²) >= 11 is 0. The number of aliphatic hydroxyl groups excluding tert-OH is 1. The Morgan fingerprint density at radius 1 is 1.13 bits per heavy atom. The van der Waals surface area contributed by atoms with E-state index in [-0.39, 0.29) is 5.91 Å². The van der Waals surface area contributed by atoms with Crippen molar-refractivity contribution in [3.63, 3.8) is 0 Å². The van der Waals surface area contributed by atoms with E-state index >= 15 is 0 Å². The van der Waals surface area contributed by atoms with Crippen molar-refractivity contribution in [1.29, 1.82) is 0 Å². The molecule has 1 aromatic carbocycles. The number of carbonyl (C=O) groups is 1. The van der Waals surface area contributed by atoms with E-state index in [9.17, 15) is 9.90 Å². The van der Waals surface area contributed by atoms with Crippen molar-refractivity contribution in [1.82, 2.24) is 24.7 Å². The van der Waals surface area contributed by atoms with E-state index in [0.717, 1.165) is 66.3 Å². The summed E-state index contributed by atoms with van der Waals surface area (Å²) in [6.07, 6.45) is 6.71. The second-order valence-electron chi connectivity index (χ2n) is 10.2. The number of likely N-dealkylation sites (N-methyl/N-ethyl adjacent to an activating group) is 1. The van der Waals surface area contributed by atoms with Crippen molar-refractivity contribution < 1.29 is 9.90 Å². The van der Waals surface area contributed by atoms with Crippen molar-refractivity contribution in [3.8, 4) is 0 Å². The third-order valence-electron chi connectivity index (χ3n) is 7.55. The summed E-state index contributed by atoms with van der Waals surface area (Å²) in [6, 6.07) is 10.2. The molecule has 0 bridgehead atoms. The van der Waals surface area contributed by atoms with Crippen molar-refractivity contribution in [3.05, 3.63) is 77.4 Å². The number of aromatic nitrogens is 2. The van der Waals surface area contributed by atoms with Crippen LogP contribution in [-0.2, 0) is 13.6 Å². The molecule has 9 nitrogen and oxygen atoms in total. The van der Waals surface area contributed by atoms with Gasteiger partial charge in [-0.05, 0) is 55.0 Å². The van der Waals surface area contributed by atoms with Crippen LogP contribution in [0.2, 0.25) is 0 Å². The minimum atomic E-state index is -0.747. The molecular weight excluding hydrogens is 478 g/mol. The summed E-state index contributed by atoms with van der Waals surface area (Å²) in [4.78, 5) is 25.3. The fourth-order valence-corrected chi connectivity index (χ4v) is 5.35. The number of allylic oxidation sites excluding steroid dienone is 1. The zero-order chi connectivity index (χ0) is 27.0. The molecule has 2 aliphatic heterocycles. The third kappa shape index (κ3) is 4.87. The van der Waals surface area contributed by atoms with Crippen molar-refractivity contribution in [2.45, 2.75) is 19.7 Å². The maximum atomic E-state index is 12.3. The molecule has 38 heavy (non-hydrogen) atoms. The first-order valence-electron chi connectivity index (χ1n) is 13.0. The van der Waals surface area contributed by atoms with Gasteiger partial charge < -0.3 is 29.7 Å². The second-order valence-corrected chi connectivity index (χ2v) is 10.2. The predicted molar refractivity (Wildman–Crippen MR) is 152 cm³/mol. The van der Waals surface area contributed by atoms with Crippen LogP contribution < -0.4 is 15.1 Å². The number of piperazine rings is 1. The van der Waals surface area contributed by atoms with Gasteiger partial charge in [-0.15, -0.1) is 0 Å². The normalized spacial score (nSPS) is 18.2. The minimum Gasteiger partial charge on any atom is -0.388 e. The summed E-state index contributed by atoms with van der Waals surface area (Å²) in [5.74, 6) is 0.0297. The average Bonchev–Trinajstić information content (AvgIpc) is 3.23. The molecule has 1 atom stereocenters. The quantitative estimate of drug-likeness (QED) is 0.523. The monoisotopic (exact) mass is 515 g/mol. The van der Waals surface area contributed by atoms with E-state index in [4.69, 9.17) is 0 Å². The first-order valence-corrected chi connectivity index (χ1v) is 13.0. The Labute approximate surface area is 224 Å². The Morgan fingerprint density at radius 3 is 2.55 bits per heavy atom. The van der Waals surface area contributed by atoms with Crippen molar-refractivity contribution in [2.24, 2.45) is 7.05 Å². The first-order chi connectivity index (χ1) is 18.3. The average molecular weight is 516 g/mol. The molecule has 0 radical (unpaired) electrons. The summed E-state index contributed by atoms with van der Waals surface area (Å²) in [6.45, 7) is 6.67. The summed E-state index contributed by atoms with van der Waals surface area (Å²) in [7, 11) is 7.47. The number of hydrogen-bond acceptors (Lipinski definition) is 7. The van der Waals surface area contributed by atoms with Gasteiger partial charge in [0, 0.05) is 101 Å². The van der Waals surface area contributed by atoms with Crippen LogP contribution in [0.5, 0.6) is 0 Å². The Bertz CT molecular complexity index is 1400. The van der Waals surface area contributed by atoms with Gasteiger partial charge in [-0.3, -0.25) is 9.69 Å². The number of aryl methyl sites for hydroxylation is 2. The second kappa shape index (κ2) is 10.5. The van der Waals surface area contributed by atoms with E-state index in [1.807, 2.05) is 42.4 Å². The number of anilines is 2.